The molecule has 0 aliphatic carbocycles. The molecule has 1 aromatic carbocycles. The first-order valence-electron chi connectivity index (χ1n) is 12.9. The van der Waals surface area contributed by atoms with Gasteiger partial charge in [-0.1, -0.05) is 36.7 Å². The molecule has 5 rings (SSSR count). The highest BCUT2D eigenvalue weighted by Crippen LogP contribution is 2.26. The van der Waals surface area contributed by atoms with Crippen LogP contribution in [0.25, 0.3) is 0 Å². The van der Waals surface area contributed by atoms with Crippen molar-refractivity contribution in [3.8, 4) is 0 Å². The predicted octanol–water partition coefficient (Wildman–Crippen LogP) is 5.86. The number of halogens is 1. The summed E-state index contributed by atoms with van der Waals surface area (Å²) in [6, 6.07) is 19.2. The smallest absolute Gasteiger partial charge is 0.289 e. The van der Waals surface area contributed by atoms with E-state index in [-0.39, 0.29) is 11.8 Å². The molecule has 4 heterocycles. The van der Waals surface area contributed by atoms with Gasteiger partial charge in [-0.3, -0.25) is 9.59 Å². The molecule has 1 fully saturated rings. The van der Waals surface area contributed by atoms with Gasteiger partial charge in [0.2, 0.25) is 0 Å². The highest BCUT2D eigenvalue weighted by atomic mass is 35.5. The van der Waals surface area contributed by atoms with Crippen molar-refractivity contribution in [2.75, 3.05) is 37.6 Å². The van der Waals surface area contributed by atoms with Gasteiger partial charge in [-0.2, -0.15) is 0 Å². The number of anilines is 1. The van der Waals surface area contributed by atoms with Crippen LogP contribution in [0.5, 0.6) is 0 Å². The van der Waals surface area contributed by atoms with Crippen molar-refractivity contribution in [1.82, 2.24) is 14.4 Å². The maximum Gasteiger partial charge on any atom is 0.289 e. The number of carbonyl (C=O) groups is 2. The number of thiophene rings is 1. The van der Waals surface area contributed by atoms with E-state index in [1.807, 2.05) is 76.0 Å². The molecule has 1 aliphatic rings. The Morgan fingerprint density at radius 1 is 1.00 bits per heavy atom. The van der Waals surface area contributed by atoms with Crippen molar-refractivity contribution in [3.05, 3.63) is 99.4 Å². The van der Waals surface area contributed by atoms with Gasteiger partial charge in [0.15, 0.2) is 5.76 Å². The molecule has 38 heavy (non-hydrogen) atoms. The number of carbonyl (C=O) groups excluding carboxylic acids is 2. The van der Waals surface area contributed by atoms with Gasteiger partial charge in [0.1, 0.15) is 5.76 Å². The number of hydrogen-bond donors (Lipinski definition) is 0. The van der Waals surface area contributed by atoms with Gasteiger partial charge in [0.05, 0.1) is 28.7 Å². The molecule has 3 aromatic heterocycles. The third-order valence-electron chi connectivity index (χ3n) is 6.75. The number of hydrogen-bond acceptors (Lipinski definition) is 5. The number of benzene rings is 1. The van der Waals surface area contributed by atoms with Crippen LogP contribution in [0.2, 0.25) is 5.02 Å². The molecule has 2 amide bonds. The van der Waals surface area contributed by atoms with E-state index >= 15 is 0 Å². The monoisotopic (exact) mass is 550 g/mol. The highest BCUT2D eigenvalue weighted by Gasteiger charge is 2.25. The summed E-state index contributed by atoms with van der Waals surface area (Å²) in [5, 5.41) is 2.65. The molecule has 9 heteroatoms. The zero-order chi connectivity index (χ0) is 26.5. The molecule has 0 unspecified atom stereocenters. The fraction of sp³-hybridized carbons (Fsp3) is 0.310. The molecule has 0 atom stereocenters. The third-order valence-corrected chi connectivity index (χ3v) is 7.93. The van der Waals surface area contributed by atoms with Crippen LogP contribution in [-0.4, -0.2) is 58.9 Å². The second-order valence-electron chi connectivity index (χ2n) is 9.33. The quantitative estimate of drug-likeness (QED) is 0.262. The fourth-order valence-electron chi connectivity index (χ4n) is 4.78. The number of para-hydroxylation sites is 1. The van der Waals surface area contributed by atoms with Crippen molar-refractivity contribution < 1.29 is 14.0 Å². The average Bonchev–Trinajstić information content (AvgIpc) is 3.72. The van der Waals surface area contributed by atoms with Crippen molar-refractivity contribution in [2.45, 2.75) is 26.4 Å². The molecule has 0 radical (unpaired) electrons. The fourth-order valence-corrected chi connectivity index (χ4v) is 5.73. The maximum atomic E-state index is 13.1. The van der Waals surface area contributed by atoms with Gasteiger partial charge >= 0.3 is 0 Å². The number of piperazine rings is 1. The van der Waals surface area contributed by atoms with E-state index in [0.717, 1.165) is 27.7 Å². The molecule has 0 bridgehead atoms. The molecule has 1 saturated heterocycles. The lowest BCUT2D eigenvalue weighted by molar-refractivity contribution is 0.0710. The van der Waals surface area contributed by atoms with E-state index in [2.05, 4.69) is 16.4 Å². The number of rotatable bonds is 9. The summed E-state index contributed by atoms with van der Waals surface area (Å²) in [6.07, 6.45) is 2.86. The Bertz CT molecular complexity index is 1370. The molecule has 198 valence electrons. The summed E-state index contributed by atoms with van der Waals surface area (Å²) in [6.45, 7) is 6.41. The molecule has 4 aromatic rings. The summed E-state index contributed by atoms with van der Waals surface area (Å²) in [5.74, 6) is 1.00. The van der Waals surface area contributed by atoms with E-state index in [1.165, 1.54) is 11.3 Å². The SMILES string of the molecule is CCCN(Cc1cccn1Cc1ccc(C(=O)N2CCN(c3ccccc3Cl)CC2)o1)C(=O)c1cccs1. The van der Waals surface area contributed by atoms with Crippen LogP contribution in [-0.2, 0) is 13.1 Å². The van der Waals surface area contributed by atoms with Crippen LogP contribution in [0, 0.1) is 0 Å². The summed E-state index contributed by atoms with van der Waals surface area (Å²) >= 11 is 7.81. The zero-order valence-electron chi connectivity index (χ0n) is 21.4. The normalized spacial score (nSPS) is 13.6. The zero-order valence-corrected chi connectivity index (χ0v) is 23.0. The molecule has 0 saturated carbocycles. The van der Waals surface area contributed by atoms with Gasteiger partial charge < -0.3 is 23.7 Å². The second kappa shape index (κ2) is 11.9. The first-order valence-corrected chi connectivity index (χ1v) is 14.1. The van der Waals surface area contributed by atoms with Crippen molar-refractivity contribution in [1.29, 1.82) is 0 Å². The van der Waals surface area contributed by atoms with E-state index < -0.39 is 0 Å². The molecule has 0 spiro atoms. The lowest BCUT2D eigenvalue weighted by atomic mass is 10.2. The summed E-state index contributed by atoms with van der Waals surface area (Å²) in [7, 11) is 0. The second-order valence-corrected chi connectivity index (χ2v) is 10.7. The minimum Gasteiger partial charge on any atom is -0.454 e. The first kappa shape index (κ1) is 26.1. The van der Waals surface area contributed by atoms with E-state index in [4.69, 9.17) is 16.0 Å². The van der Waals surface area contributed by atoms with Crippen LogP contribution in [0.4, 0.5) is 5.69 Å². The summed E-state index contributed by atoms with van der Waals surface area (Å²) in [4.78, 5) is 32.8. The first-order chi connectivity index (χ1) is 18.5. The Labute approximate surface area is 231 Å². The number of nitrogens with zero attached hydrogens (tertiary/aromatic N) is 4. The van der Waals surface area contributed by atoms with Gasteiger partial charge in [-0.15, -0.1) is 11.3 Å². The van der Waals surface area contributed by atoms with E-state index in [9.17, 15) is 9.59 Å². The maximum absolute atomic E-state index is 13.1. The van der Waals surface area contributed by atoms with Crippen LogP contribution >= 0.6 is 22.9 Å². The average molecular weight is 551 g/mol. The minimum absolute atomic E-state index is 0.0510. The Hall–Kier alpha value is -3.49. The van der Waals surface area contributed by atoms with Crippen molar-refractivity contribution in [3.63, 3.8) is 0 Å². The summed E-state index contributed by atoms with van der Waals surface area (Å²) < 4.78 is 8.06. The van der Waals surface area contributed by atoms with Gasteiger partial charge in [-0.05, 0) is 54.3 Å². The highest BCUT2D eigenvalue weighted by molar-refractivity contribution is 7.12. The number of aromatic nitrogens is 1. The molecule has 0 N–H and O–H groups in total. The Morgan fingerprint density at radius 3 is 2.55 bits per heavy atom. The van der Waals surface area contributed by atoms with E-state index in [0.29, 0.717) is 57.3 Å². The van der Waals surface area contributed by atoms with Gasteiger partial charge in [0, 0.05) is 44.6 Å². The Kier molecular flexibility index (Phi) is 8.20. The van der Waals surface area contributed by atoms with Gasteiger partial charge in [-0.25, -0.2) is 0 Å². The van der Waals surface area contributed by atoms with Crippen molar-refractivity contribution in [2.24, 2.45) is 0 Å². The van der Waals surface area contributed by atoms with Crippen LogP contribution < -0.4 is 4.90 Å². The lowest BCUT2D eigenvalue weighted by Crippen LogP contribution is -2.48. The third kappa shape index (κ3) is 5.81. The number of amides is 2. The topological polar surface area (TPSA) is 61.9 Å². The number of furan rings is 1. The Balaban J connectivity index is 1.20. The van der Waals surface area contributed by atoms with E-state index in [1.54, 1.807) is 6.07 Å². The largest absolute Gasteiger partial charge is 0.454 e. The van der Waals surface area contributed by atoms with Crippen molar-refractivity contribution >= 4 is 40.4 Å². The summed E-state index contributed by atoms with van der Waals surface area (Å²) in [5.41, 5.74) is 2.02. The predicted molar refractivity (Wildman–Crippen MR) is 151 cm³/mol. The van der Waals surface area contributed by atoms with Gasteiger partial charge in [0.25, 0.3) is 11.8 Å². The molecule has 1 aliphatic heterocycles. The van der Waals surface area contributed by atoms with Crippen LogP contribution in [0.1, 0.15) is 45.0 Å². The van der Waals surface area contributed by atoms with Crippen LogP contribution in [0.15, 0.2) is 76.7 Å². The lowest BCUT2D eigenvalue weighted by Gasteiger charge is -2.36. The molecular weight excluding hydrogens is 520 g/mol. The Morgan fingerprint density at radius 2 is 1.82 bits per heavy atom. The minimum atomic E-state index is -0.0987. The molecule has 7 nitrogen and oxygen atoms in total. The van der Waals surface area contributed by atoms with Crippen LogP contribution in [0.3, 0.4) is 0 Å². The molecular formula is C29H31ClN4O3S. The standard InChI is InChI=1S/C29H31ClN4O3S/c1-2-13-34(29(36)27-10-6-19-38-27)20-22-7-5-14-33(22)21-23-11-12-26(37-23)28(35)32-17-15-31(16-18-32)25-9-4-3-8-24(25)30/h3-12,14,19H,2,13,15-18,20-21H2,1H3.